The first-order valence-corrected chi connectivity index (χ1v) is 16.4. The lowest BCUT2D eigenvalue weighted by Gasteiger charge is -2.25. The molecule has 3 aromatic carbocycles. The van der Waals surface area contributed by atoms with Crippen molar-refractivity contribution in [2.45, 2.75) is 28.5 Å². The number of alkyl halides is 3. The van der Waals surface area contributed by atoms with E-state index >= 15 is 0 Å². The number of rotatable bonds is 7. The highest BCUT2D eigenvalue weighted by Crippen LogP contribution is 2.62. The van der Waals surface area contributed by atoms with Crippen LogP contribution in [0, 0.1) is 0 Å². The second kappa shape index (κ2) is 14.0. The third-order valence-electron chi connectivity index (χ3n) is 4.43. The Morgan fingerprint density at radius 3 is 1.64 bits per heavy atom. The van der Waals surface area contributed by atoms with E-state index in [-0.39, 0.29) is 5.92 Å². The third kappa shape index (κ3) is 9.92. The number of halogens is 5. The summed E-state index contributed by atoms with van der Waals surface area (Å²) in [5, 5.41) is 1.28. The summed E-state index contributed by atoms with van der Waals surface area (Å²) in [6.07, 6.45) is 0.940. The largest absolute Gasteiger partial charge is 0.341 e. The molecule has 1 nitrogen and oxygen atoms in total. The standard InChI is InChI=1S/C14H9Cl5.C10H15OPS2/c15-11-5-1-9(2-6-11)13(14(17,18)19)10-3-7-12(16)8-4-10;1-3-11-12(13,4-2)14-10-8-6-5-7-9-10/h1-8,13H;5-9H,3-4H2,1-2H3. The Kier molecular flexibility index (Phi) is 12.4. The van der Waals surface area contributed by atoms with Gasteiger partial charge in [0.25, 0.3) is 0 Å². The Hall–Kier alpha value is 0.0700. The van der Waals surface area contributed by atoms with E-state index in [2.05, 4.69) is 19.1 Å². The number of benzene rings is 3. The van der Waals surface area contributed by atoms with Crippen LogP contribution >= 0.6 is 74.9 Å². The highest BCUT2D eigenvalue weighted by Gasteiger charge is 2.35. The summed E-state index contributed by atoms with van der Waals surface area (Å²) < 4.78 is 4.21. The first-order chi connectivity index (χ1) is 15.6. The van der Waals surface area contributed by atoms with Gasteiger partial charge in [-0.05, 0) is 54.4 Å². The van der Waals surface area contributed by atoms with Gasteiger partial charge in [0.05, 0.1) is 5.92 Å². The second-order valence-corrected chi connectivity index (χ2v) is 17.6. The zero-order valence-electron chi connectivity index (χ0n) is 18.1. The van der Waals surface area contributed by atoms with Crippen molar-refractivity contribution >= 4 is 86.7 Å². The van der Waals surface area contributed by atoms with Crippen LogP contribution in [0.2, 0.25) is 10.0 Å². The summed E-state index contributed by atoms with van der Waals surface area (Å²) in [6, 6.07) is 24.7. The first kappa shape index (κ1) is 29.3. The van der Waals surface area contributed by atoms with E-state index in [1.165, 1.54) is 4.90 Å². The van der Waals surface area contributed by atoms with Crippen molar-refractivity contribution in [3.05, 3.63) is 100 Å². The van der Waals surface area contributed by atoms with Crippen LogP contribution in [0.15, 0.2) is 83.8 Å². The Bertz CT molecular complexity index is 980. The van der Waals surface area contributed by atoms with Gasteiger partial charge in [0, 0.05) is 27.7 Å². The maximum atomic E-state index is 6.11. The van der Waals surface area contributed by atoms with Crippen molar-refractivity contribution in [3.8, 4) is 0 Å². The summed E-state index contributed by atoms with van der Waals surface area (Å²) in [6.45, 7) is 4.82. The molecule has 9 heteroatoms. The van der Waals surface area contributed by atoms with Crippen molar-refractivity contribution < 1.29 is 4.52 Å². The van der Waals surface area contributed by atoms with Crippen LogP contribution < -0.4 is 0 Å². The SMILES string of the molecule is CCOP(=S)(CC)Sc1ccccc1.Clc1ccc(C(c2ccc(Cl)cc2)C(Cl)(Cl)Cl)cc1. The molecule has 178 valence electrons. The fraction of sp³-hybridized carbons (Fsp3) is 0.250. The summed E-state index contributed by atoms with van der Waals surface area (Å²) in [4.78, 5) is 1.21. The highest BCUT2D eigenvalue weighted by atomic mass is 35.6. The van der Waals surface area contributed by atoms with E-state index in [1.807, 2.05) is 49.4 Å². The molecule has 0 bridgehead atoms. The van der Waals surface area contributed by atoms with Gasteiger partial charge < -0.3 is 4.52 Å². The average molecular weight is 601 g/mol. The zero-order valence-corrected chi connectivity index (χ0v) is 24.4. The van der Waals surface area contributed by atoms with Gasteiger partial charge >= 0.3 is 0 Å². The van der Waals surface area contributed by atoms with Crippen LogP contribution in [0.4, 0.5) is 0 Å². The lowest BCUT2D eigenvalue weighted by atomic mass is 9.92. The monoisotopic (exact) mass is 598 g/mol. The summed E-state index contributed by atoms with van der Waals surface area (Å²) >= 11 is 37.4. The van der Waals surface area contributed by atoms with Crippen molar-refractivity contribution in [3.63, 3.8) is 0 Å². The molecular weight excluding hydrogens is 577 g/mol. The first-order valence-electron chi connectivity index (χ1n) is 10.1. The highest BCUT2D eigenvalue weighted by molar-refractivity contribution is 8.69. The fourth-order valence-corrected chi connectivity index (χ4v) is 8.55. The molecule has 0 aliphatic carbocycles. The number of hydrogen-bond donors (Lipinski definition) is 0. The summed E-state index contributed by atoms with van der Waals surface area (Å²) in [5.74, 6) is -0.382. The maximum absolute atomic E-state index is 6.11. The van der Waals surface area contributed by atoms with Gasteiger partial charge in [0.2, 0.25) is 3.79 Å². The lowest BCUT2D eigenvalue weighted by molar-refractivity contribution is 0.385. The molecule has 3 rings (SSSR count). The molecule has 0 heterocycles. The Morgan fingerprint density at radius 2 is 1.27 bits per heavy atom. The molecular formula is C24H24Cl5OPS2. The van der Waals surface area contributed by atoms with E-state index in [4.69, 9.17) is 74.3 Å². The van der Waals surface area contributed by atoms with Gasteiger partial charge in [0.15, 0.2) is 0 Å². The van der Waals surface area contributed by atoms with Crippen LogP contribution in [0.1, 0.15) is 30.9 Å². The predicted octanol–water partition coefficient (Wildman–Crippen LogP) is 10.6. The van der Waals surface area contributed by atoms with Crippen LogP contribution in [-0.2, 0) is 16.3 Å². The molecule has 0 N–H and O–H groups in total. The van der Waals surface area contributed by atoms with Gasteiger partial charge in [0.1, 0.15) is 5.47 Å². The molecule has 0 spiro atoms. The molecule has 0 aromatic heterocycles. The normalized spacial score (nSPS) is 13.2. The lowest BCUT2D eigenvalue weighted by Crippen LogP contribution is -2.18. The van der Waals surface area contributed by atoms with Crippen molar-refractivity contribution in [1.82, 2.24) is 0 Å². The minimum absolute atomic E-state index is 0.382. The summed E-state index contributed by atoms with van der Waals surface area (Å²) in [7, 11) is 0. The molecule has 0 saturated heterocycles. The van der Waals surface area contributed by atoms with E-state index in [1.54, 1.807) is 35.6 Å². The van der Waals surface area contributed by atoms with E-state index in [0.29, 0.717) is 16.7 Å². The van der Waals surface area contributed by atoms with Crippen molar-refractivity contribution in [2.75, 3.05) is 12.8 Å². The number of hydrogen-bond acceptors (Lipinski definition) is 3. The smallest absolute Gasteiger partial charge is 0.201 e. The average Bonchev–Trinajstić information content (AvgIpc) is 2.77. The fourth-order valence-electron chi connectivity index (χ4n) is 2.90. The van der Waals surface area contributed by atoms with Crippen molar-refractivity contribution in [2.24, 2.45) is 0 Å². The van der Waals surface area contributed by atoms with E-state index < -0.39 is 9.26 Å². The van der Waals surface area contributed by atoms with Gasteiger partial charge in [-0.15, -0.1) is 0 Å². The molecule has 1 atom stereocenters. The molecule has 0 fully saturated rings. The van der Waals surface area contributed by atoms with Gasteiger partial charge in [-0.3, -0.25) is 0 Å². The predicted molar refractivity (Wildman–Crippen MR) is 154 cm³/mol. The zero-order chi connectivity index (χ0) is 24.5. The van der Waals surface area contributed by atoms with Crippen molar-refractivity contribution in [1.29, 1.82) is 0 Å². The van der Waals surface area contributed by atoms with Gasteiger partial charge in [-0.2, -0.15) is 0 Å². The maximum Gasteiger partial charge on any atom is 0.201 e. The molecule has 1 unspecified atom stereocenters. The topological polar surface area (TPSA) is 9.23 Å². The Labute approximate surface area is 230 Å². The summed E-state index contributed by atoms with van der Waals surface area (Å²) in [5.41, 5.74) is 0.0903. The molecule has 0 amide bonds. The van der Waals surface area contributed by atoms with Gasteiger partial charge in [-0.1, -0.05) is 131 Å². The molecule has 0 aliphatic rings. The quantitative estimate of drug-likeness (QED) is 0.197. The second-order valence-electron chi connectivity index (χ2n) is 6.83. The molecule has 3 aromatic rings. The van der Waals surface area contributed by atoms with Crippen LogP contribution in [0.25, 0.3) is 0 Å². The molecule has 33 heavy (non-hydrogen) atoms. The van der Waals surface area contributed by atoms with E-state index in [9.17, 15) is 0 Å². The van der Waals surface area contributed by atoms with Crippen LogP contribution in [-0.4, -0.2) is 16.6 Å². The van der Waals surface area contributed by atoms with E-state index in [0.717, 1.165) is 17.3 Å². The van der Waals surface area contributed by atoms with Gasteiger partial charge in [-0.25, -0.2) is 0 Å². The molecule has 0 aliphatic heterocycles. The Balaban J connectivity index is 0.000000245. The van der Waals surface area contributed by atoms with Crippen LogP contribution in [0.3, 0.4) is 0 Å². The minimum Gasteiger partial charge on any atom is -0.341 e. The molecule has 0 saturated carbocycles. The molecule has 0 radical (unpaired) electrons. The minimum atomic E-state index is -1.67. The van der Waals surface area contributed by atoms with Crippen LogP contribution in [0.5, 0.6) is 0 Å². The third-order valence-corrected chi connectivity index (χ3v) is 12.1. The Morgan fingerprint density at radius 1 is 0.818 bits per heavy atom.